The van der Waals surface area contributed by atoms with E-state index < -0.39 is 12.0 Å². The van der Waals surface area contributed by atoms with Gasteiger partial charge in [-0.3, -0.25) is 9.59 Å². The Labute approximate surface area is 121 Å². The Morgan fingerprint density at radius 3 is 2.75 bits per heavy atom. The quantitative estimate of drug-likeness (QED) is 0.845. The monoisotopic (exact) mass is 295 g/mol. The molecule has 1 fully saturated rings. The van der Waals surface area contributed by atoms with Crippen molar-refractivity contribution in [1.29, 1.82) is 0 Å². The van der Waals surface area contributed by atoms with Crippen molar-refractivity contribution in [3.05, 3.63) is 22.4 Å². The second-order valence-electron chi connectivity index (χ2n) is 4.84. The third-order valence-corrected chi connectivity index (χ3v) is 4.38. The summed E-state index contributed by atoms with van der Waals surface area (Å²) in [5, 5.41) is 10.9. The van der Waals surface area contributed by atoms with Crippen molar-refractivity contribution < 1.29 is 19.5 Å². The second-order valence-corrected chi connectivity index (χ2v) is 5.79. The molecule has 0 bridgehead atoms. The van der Waals surface area contributed by atoms with Gasteiger partial charge in [0, 0.05) is 19.4 Å². The Kier molecular flexibility index (Phi) is 4.89. The first-order valence-corrected chi connectivity index (χ1v) is 7.56. The van der Waals surface area contributed by atoms with Crippen LogP contribution in [0.25, 0.3) is 0 Å². The number of amides is 1. The summed E-state index contributed by atoms with van der Waals surface area (Å²) in [4.78, 5) is 37.1. The van der Waals surface area contributed by atoms with Crippen LogP contribution in [0.2, 0.25) is 0 Å². The summed E-state index contributed by atoms with van der Waals surface area (Å²) in [5.41, 5.74) is 0. The number of carbonyl (C=O) groups is 3. The molecule has 1 aliphatic heterocycles. The molecule has 0 unspecified atom stereocenters. The lowest BCUT2D eigenvalue weighted by Crippen LogP contribution is -2.48. The summed E-state index contributed by atoms with van der Waals surface area (Å²) in [6.07, 6.45) is 2.38. The van der Waals surface area contributed by atoms with Crippen LogP contribution in [0.1, 0.15) is 41.8 Å². The van der Waals surface area contributed by atoms with Crippen LogP contribution in [-0.2, 0) is 9.59 Å². The number of carboxylic acids is 1. The third-order valence-electron chi connectivity index (χ3n) is 3.47. The second kappa shape index (κ2) is 6.65. The van der Waals surface area contributed by atoms with Gasteiger partial charge in [0.15, 0.2) is 5.78 Å². The molecular formula is C14H17NO4S. The predicted molar refractivity (Wildman–Crippen MR) is 74.9 cm³/mol. The minimum absolute atomic E-state index is 0.0581. The van der Waals surface area contributed by atoms with Crippen LogP contribution in [0.3, 0.4) is 0 Å². The molecule has 1 aromatic heterocycles. The first kappa shape index (κ1) is 14.7. The smallest absolute Gasteiger partial charge is 0.326 e. The van der Waals surface area contributed by atoms with Crippen LogP contribution < -0.4 is 0 Å². The van der Waals surface area contributed by atoms with Gasteiger partial charge in [-0.1, -0.05) is 6.07 Å². The molecule has 1 amide bonds. The van der Waals surface area contributed by atoms with Crippen LogP contribution >= 0.6 is 11.3 Å². The number of piperidine rings is 1. The first-order chi connectivity index (χ1) is 9.59. The van der Waals surface area contributed by atoms with Gasteiger partial charge < -0.3 is 10.0 Å². The van der Waals surface area contributed by atoms with Crippen LogP contribution in [0.4, 0.5) is 0 Å². The number of hydrogen-bond donors (Lipinski definition) is 1. The van der Waals surface area contributed by atoms with Crippen molar-refractivity contribution in [2.75, 3.05) is 6.54 Å². The number of ketones is 1. The third kappa shape index (κ3) is 3.45. The van der Waals surface area contributed by atoms with E-state index >= 15 is 0 Å². The number of carboxylic acid groups (broad SMARTS) is 1. The molecule has 2 rings (SSSR count). The van der Waals surface area contributed by atoms with Crippen molar-refractivity contribution in [2.24, 2.45) is 0 Å². The van der Waals surface area contributed by atoms with Crippen molar-refractivity contribution >= 4 is 29.0 Å². The minimum atomic E-state index is -0.956. The molecule has 0 saturated carbocycles. The fourth-order valence-electron chi connectivity index (χ4n) is 2.41. The number of aliphatic carboxylic acids is 1. The Balaban J connectivity index is 1.90. The highest BCUT2D eigenvalue weighted by Crippen LogP contribution is 2.19. The van der Waals surface area contributed by atoms with Gasteiger partial charge in [0.2, 0.25) is 5.91 Å². The topological polar surface area (TPSA) is 74.7 Å². The summed E-state index contributed by atoms with van der Waals surface area (Å²) in [5.74, 6) is -1.25. The van der Waals surface area contributed by atoms with Crippen LogP contribution in [0.15, 0.2) is 17.5 Å². The summed E-state index contributed by atoms with van der Waals surface area (Å²) in [6.45, 7) is 0.475. The van der Waals surface area contributed by atoms with Crippen LogP contribution in [0.5, 0.6) is 0 Å². The zero-order chi connectivity index (χ0) is 14.5. The van der Waals surface area contributed by atoms with E-state index in [1.807, 2.05) is 5.38 Å². The maximum absolute atomic E-state index is 12.1. The van der Waals surface area contributed by atoms with Gasteiger partial charge in [-0.05, 0) is 30.7 Å². The van der Waals surface area contributed by atoms with Crippen LogP contribution in [0, 0.1) is 0 Å². The maximum Gasteiger partial charge on any atom is 0.326 e. The molecule has 1 saturated heterocycles. The summed E-state index contributed by atoms with van der Waals surface area (Å²) in [6, 6.07) is 2.80. The summed E-state index contributed by atoms with van der Waals surface area (Å²) >= 11 is 1.36. The fraction of sp³-hybridized carbons (Fsp3) is 0.500. The molecule has 5 nitrogen and oxygen atoms in total. The Bertz CT molecular complexity index is 497. The van der Waals surface area contributed by atoms with Crippen molar-refractivity contribution in [1.82, 2.24) is 4.90 Å². The van der Waals surface area contributed by atoms with Gasteiger partial charge in [-0.2, -0.15) is 0 Å². The maximum atomic E-state index is 12.1. The SMILES string of the molecule is O=C(CCC(=O)N1CCCC[C@@H]1C(=O)O)c1cccs1. The predicted octanol–water partition coefficient (Wildman–Crippen LogP) is 2.18. The molecule has 1 atom stereocenters. The van der Waals surface area contributed by atoms with Gasteiger partial charge in [-0.25, -0.2) is 4.79 Å². The number of nitrogens with zero attached hydrogens (tertiary/aromatic N) is 1. The van der Waals surface area contributed by atoms with E-state index in [2.05, 4.69) is 0 Å². The molecule has 0 spiro atoms. The first-order valence-electron chi connectivity index (χ1n) is 6.68. The minimum Gasteiger partial charge on any atom is -0.480 e. The van der Waals surface area contributed by atoms with E-state index in [0.29, 0.717) is 17.8 Å². The van der Waals surface area contributed by atoms with Crippen LogP contribution in [-0.4, -0.2) is 40.3 Å². The lowest BCUT2D eigenvalue weighted by Gasteiger charge is -2.33. The highest BCUT2D eigenvalue weighted by Gasteiger charge is 2.31. The number of thiophene rings is 1. The molecule has 0 aromatic carbocycles. The largest absolute Gasteiger partial charge is 0.480 e. The van der Waals surface area contributed by atoms with Gasteiger partial charge in [0.25, 0.3) is 0 Å². The average Bonchev–Trinajstić information content (AvgIpc) is 2.98. The molecule has 1 aliphatic rings. The number of rotatable bonds is 5. The van der Waals surface area contributed by atoms with Gasteiger partial charge in [-0.15, -0.1) is 11.3 Å². The van der Waals surface area contributed by atoms with E-state index in [-0.39, 0.29) is 24.5 Å². The summed E-state index contributed by atoms with van der Waals surface area (Å²) < 4.78 is 0. The fourth-order valence-corrected chi connectivity index (χ4v) is 3.11. The lowest BCUT2D eigenvalue weighted by molar-refractivity contribution is -0.152. The van der Waals surface area contributed by atoms with Crippen molar-refractivity contribution in [3.8, 4) is 0 Å². The zero-order valence-electron chi connectivity index (χ0n) is 11.1. The lowest BCUT2D eigenvalue weighted by atomic mass is 10.0. The molecule has 6 heteroatoms. The van der Waals surface area contributed by atoms with Gasteiger partial charge in [0.1, 0.15) is 6.04 Å². The molecular weight excluding hydrogens is 278 g/mol. The Hall–Kier alpha value is -1.69. The number of hydrogen-bond acceptors (Lipinski definition) is 4. The van der Waals surface area contributed by atoms with E-state index in [0.717, 1.165) is 12.8 Å². The molecule has 1 aromatic rings. The molecule has 0 aliphatic carbocycles. The van der Waals surface area contributed by atoms with Crippen molar-refractivity contribution in [3.63, 3.8) is 0 Å². The van der Waals surface area contributed by atoms with E-state index in [1.165, 1.54) is 16.2 Å². The molecule has 1 N–H and O–H groups in total. The average molecular weight is 295 g/mol. The number of carbonyl (C=O) groups excluding carboxylic acids is 2. The van der Waals surface area contributed by atoms with Gasteiger partial charge in [0.05, 0.1) is 4.88 Å². The van der Waals surface area contributed by atoms with E-state index in [9.17, 15) is 14.4 Å². The molecule has 2 heterocycles. The normalized spacial score (nSPS) is 18.8. The zero-order valence-corrected chi connectivity index (χ0v) is 11.9. The molecule has 20 heavy (non-hydrogen) atoms. The van der Waals surface area contributed by atoms with Crippen molar-refractivity contribution in [2.45, 2.75) is 38.1 Å². The van der Waals surface area contributed by atoms with E-state index in [4.69, 9.17) is 5.11 Å². The highest BCUT2D eigenvalue weighted by atomic mass is 32.1. The Morgan fingerprint density at radius 1 is 1.30 bits per heavy atom. The van der Waals surface area contributed by atoms with E-state index in [1.54, 1.807) is 12.1 Å². The number of likely N-dealkylation sites (tertiary alicyclic amines) is 1. The highest BCUT2D eigenvalue weighted by molar-refractivity contribution is 7.12. The molecule has 108 valence electrons. The number of Topliss-reactive ketones (excluding diaryl/α,β-unsaturated/α-hetero) is 1. The Morgan fingerprint density at radius 2 is 2.10 bits per heavy atom. The standard InChI is InChI=1S/C14H17NO4S/c16-11(12-5-3-9-20-12)6-7-13(17)15-8-2-1-4-10(15)14(18)19/h3,5,9-10H,1-2,4,6-8H2,(H,18,19)/t10-/m1/s1. The molecule has 0 radical (unpaired) electrons. The van der Waals surface area contributed by atoms with Gasteiger partial charge >= 0.3 is 5.97 Å². The summed E-state index contributed by atoms with van der Waals surface area (Å²) in [7, 11) is 0.